The molecule has 3 nitrogen and oxygen atoms in total. The Morgan fingerprint density at radius 1 is 1.18 bits per heavy atom. The molecular weight excluding hydrogens is 296 g/mol. The highest BCUT2D eigenvalue weighted by molar-refractivity contribution is 6.30. The predicted octanol–water partition coefficient (Wildman–Crippen LogP) is 4.00. The molecular formula is C18H21ClN2O. The molecule has 0 saturated heterocycles. The molecule has 0 aliphatic heterocycles. The van der Waals surface area contributed by atoms with Gasteiger partial charge in [0.25, 0.3) is 5.56 Å². The number of benzene rings is 1. The molecule has 0 radical (unpaired) electrons. The van der Waals surface area contributed by atoms with E-state index in [9.17, 15) is 4.79 Å². The third-order valence-electron chi connectivity index (χ3n) is 6.47. The Kier molecular flexibility index (Phi) is 2.62. The van der Waals surface area contributed by atoms with Gasteiger partial charge in [0, 0.05) is 23.0 Å². The number of nitrogens with zero attached hydrogens (tertiary/aromatic N) is 2. The highest BCUT2D eigenvalue weighted by atomic mass is 35.5. The van der Waals surface area contributed by atoms with Crippen LogP contribution in [0.15, 0.2) is 29.1 Å². The smallest absolute Gasteiger partial charge is 0.275 e. The summed E-state index contributed by atoms with van der Waals surface area (Å²) in [4.78, 5) is 13.1. The summed E-state index contributed by atoms with van der Waals surface area (Å²) in [7, 11) is 2.01. The van der Waals surface area contributed by atoms with Gasteiger partial charge in [0.05, 0.1) is 11.4 Å². The van der Waals surface area contributed by atoms with Crippen LogP contribution in [-0.4, -0.2) is 9.36 Å². The SMILES string of the molecule is Cn1c2c(c(=O)n1-c1ccc(Cl)cc1)C1CCC2(C)C1(C)C. The normalized spacial score (nSPS) is 28.1. The van der Waals surface area contributed by atoms with Crippen molar-refractivity contribution in [3.05, 3.63) is 50.9 Å². The summed E-state index contributed by atoms with van der Waals surface area (Å²) in [6.45, 7) is 6.96. The van der Waals surface area contributed by atoms with Gasteiger partial charge in [-0.25, -0.2) is 4.68 Å². The molecule has 1 aromatic heterocycles. The van der Waals surface area contributed by atoms with E-state index in [1.54, 1.807) is 4.68 Å². The molecule has 1 fully saturated rings. The zero-order valence-corrected chi connectivity index (χ0v) is 14.2. The zero-order chi connectivity index (χ0) is 15.9. The van der Waals surface area contributed by atoms with Crippen molar-refractivity contribution in [2.24, 2.45) is 12.5 Å². The maximum absolute atomic E-state index is 13.1. The van der Waals surface area contributed by atoms with Crippen LogP contribution in [-0.2, 0) is 12.5 Å². The minimum atomic E-state index is 0.0819. The van der Waals surface area contributed by atoms with Gasteiger partial charge in [-0.05, 0) is 48.4 Å². The van der Waals surface area contributed by atoms with Crippen molar-refractivity contribution >= 4 is 11.6 Å². The monoisotopic (exact) mass is 316 g/mol. The topological polar surface area (TPSA) is 26.9 Å². The lowest BCUT2D eigenvalue weighted by Crippen LogP contribution is -2.35. The molecule has 22 heavy (non-hydrogen) atoms. The highest BCUT2D eigenvalue weighted by Gasteiger charge is 2.62. The number of hydrogen-bond acceptors (Lipinski definition) is 1. The Morgan fingerprint density at radius 2 is 1.82 bits per heavy atom. The van der Waals surface area contributed by atoms with Crippen molar-refractivity contribution in [1.29, 1.82) is 0 Å². The highest BCUT2D eigenvalue weighted by Crippen LogP contribution is 2.66. The zero-order valence-electron chi connectivity index (χ0n) is 13.5. The van der Waals surface area contributed by atoms with Crippen LogP contribution in [0.4, 0.5) is 0 Å². The lowest BCUT2D eigenvalue weighted by molar-refractivity contribution is 0.218. The molecule has 0 spiro atoms. The second-order valence-corrected chi connectivity index (χ2v) is 7.96. The van der Waals surface area contributed by atoms with E-state index in [0.29, 0.717) is 10.9 Å². The molecule has 4 heteroatoms. The van der Waals surface area contributed by atoms with Crippen LogP contribution < -0.4 is 5.56 Å². The molecule has 2 unspecified atom stereocenters. The van der Waals surface area contributed by atoms with E-state index in [0.717, 1.165) is 24.1 Å². The van der Waals surface area contributed by atoms with E-state index in [-0.39, 0.29) is 16.4 Å². The van der Waals surface area contributed by atoms with Gasteiger partial charge < -0.3 is 0 Å². The number of fused-ring (bicyclic) bond motifs is 5. The van der Waals surface area contributed by atoms with Crippen LogP contribution >= 0.6 is 11.6 Å². The van der Waals surface area contributed by atoms with Crippen LogP contribution in [0.2, 0.25) is 5.02 Å². The van der Waals surface area contributed by atoms with Gasteiger partial charge in [-0.15, -0.1) is 0 Å². The molecule has 0 amide bonds. The molecule has 2 bridgehead atoms. The molecule has 2 aliphatic rings. The van der Waals surface area contributed by atoms with Crippen LogP contribution in [0.5, 0.6) is 0 Å². The molecule has 0 N–H and O–H groups in total. The van der Waals surface area contributed by atoms with Crippen LogP contribution in [0.3, 0.4) is 0 Å². The van der Waals surface area contributed by atoms with Gasteiger partial charge >= 0.3 is 0 Å². The summed E-state index contributed by atoms with van der Waals surface area (Å²) < 4.78 is 3.87. The fourth-order valence-electron chi connectivity index (χ4n) is 4.90. The first-order chi connectivity index (χ1) is 10.3. The summed E-state index contributed by atoms with van der Waals surface area (Å²) in [6, 6.07) is 7.49. The van der Waals surface area contributed by atoms with Gasteiger partial charge in [0.1, 0.15) is 0 Å². The molecule has 4 rings (SSSR count). The molecule has 1 heterocycles. The molecule has 2 aliphatic carbocycles. The maximum Gasteiger partial charge on any atom is 0.275 e. The van der Waals surface area contributed by atoms with E-state index >= 15 is 0 Å². The molecule has 1 saturated carbocycles. The molecule has 116 valence electrons. The van der Waals surface area contributed by atoms with Gasteiger partial charge in [0.2, 0.25) is 0 Å². The van der Waals surface area contributed by atoms with E-state index in [2.05, 4.69) is 25.5 Å². The fourth-order valence-corrected chi connectivity index (χ4v) is 5.02. The molecule has 2 aromatic rings. The fraction of sp³-hybridized carbons (Fsp3) is 0.500. The van der Waals surface area contributed by atoms with E-state index in [4.69, 9.17) is 11.6 Å². The first kappa shape index (κ1) is 14.1. The third kappa shape index (κ3) is 1.41. The summed E-state index contributed by atoms with van der Waals surface area (Å²) in [5.74, 6) is 0.375. The van der Waals surface area contributed by atoms with Gasteiger partial charge in [-0.2, -0.15) is 0 Å². The average molecular weight is 317 g/mol. The lowest BCUT2D eigenvalue weighted by atomic mass is 9.70. The predicted molar refractivity (Wildman–Crippen MR) is 89.1 cm³/mol. The quantitative estimate of drug-likeness (QED) is 0.781. The third-order valence-corrected chi connectivity index (χ3v) is 6.72. The lowest BCUT2D eigenvalue weighted by Gasteiger charge is -2.36. The van der Waals surface area contributed by atoms with Crippen LogP contribution in [0.25, 0.3) is 5.69 Å². The first-order valence-corrected chi connectivity index (χ1v) is 8.25. The van der Waals surface area contributed by atoms with E-state index < -0.39 is 0 Å². The van der Waals surface area contributed by atoms with Crippen molar-refractivity contribution in [2.45, 2.75) is 44.9 Å². The summed E-state index contributed by atoms with van der Waals surface area (Å²) >= 11 is 5.98. The Balaban J connectivity index is 2.00. The van der Waals surface area contributed by atoms with Crippen molar-refractivity contribution in [1.82, 2.24) is 9.36 Å². The summed E-state index contributed by atoms with van der Waals surface area (Å²) in [6.07, 6.45) is 2.28. The molecule has 1 aromatic carbocycles. The molecule has 2 atom stereocenters. The summed E-state index contributed by atoms with van der Waals surface area (Å²) in [5.41, 5.74) is 3.53. The van der Waals surface area contributed by atoms with Gasteiger partial charge in [-0.1, -0.05) is 32.4 Å². The standard InChI is InChI=1S/C18H21ClN2O/c1-17(2)13-9-10-18(17,3)15-14(13)16(22)21(20(15)4)12-7-5-11(19)6-8-12/h5-8,13H,9-10H2,1-4H3. The van der Waals surface area contributed by atoms with Crippen LogP contribution in [0.1, 0.15) is 50.8 Å². The first-order valence-electron chi connectivity index (χ1n) is 7.87. The average Bonchev–Trinajstić information content (AvgIpc) is 2.92. The minimum absolute atomic E-state index is 0.0819. The largest absolute Gasteiger partial charge is 0.284 e. The Morgan fingerprint density at radius 3 is 2.41 bits per heavy atom. The van der Waals surface area contributed by atoms with Crippen molar-refractivity contribution in [2.75, 3.05) is 0 Å². The minimum Gasteiger partial charge on any atom is -0.284 e. The van der Waals surface area contributed by atoms with Gasteiger partial charge in [-0.3, -0.25) is 9.48 Å². The van der Waals surface area contributed by atoms with Crippen LogP contribution in [0, 0.1) is 5.41 Å². The van der Waals surface area contributed by atoms with E-state index in [1.165, 1.54) is 5.69 Å². The van der Waals surface area contributed by atoms with Crippen molar-refractivity contribution in [3.63, 3.8) is 0 Å². The maximum atomic E-state index is 13.1. The van der Waals surface area contributed by atoms with Crippen molar-refractivity contribution < 1.29 is 0 Å². The number of hydrogen-bond donors (Lipinski definition) is 0. The van der Waals surface area contributed by atoms with Crippen molar-refractivity contribution in [3.8, 4) is 5.69 Å². The Bertz CT molecular complexity index is 828. The van der Waals surface area contributed by atoms with E-state index in [1.807, 2.05) is 31.3 Å². The number of rotatable bonds is 1. The Labute approximate surface area is 135 Å². The number of aromatic nitrogens is 2. The van der Waals surface area contributed by atoms with Gasteiger partial charge in [0.15, 0.2) is 0 Å². The Hall–Kier alpha value is -1.48. The second kappa shape index (κ2) is 4.08. The summed E-state index contributed by atoms with van der Waals surface area (Å²) in [5, 5.41) is 0.687. The number of halogens is 1. The second-order valence-electron chi connectivity index (χ2n) is 7.52.